The number of nitrogens with one attached hydrogen (secondary N) is 1. The van der Waals surface area contributed by atoms with Gasteiger partial charge in [-0.25, -0.2) is 4.79 Å². The van der Waals surface area contributed by atoms with E-state index in [2.05, 4.69) is 21.4 Å². The Balaban J connectivity index is 1.42. The van der Waals surface area contributed by atoms with Crippen LogP contribution in [-0.4, -0.2) is 27.9 Å². The number of carbonyl (C=O) groups excluding carboxylic acids is 2. The van der Waals surface area contributed by atoms with Crippen LogP contribution < -0.4 is 5.32 Å². The highest BCUT2D eigenvalue weighted by molar-refractivity contribution is 5.95. The van der Waals surface area contributed by atoms with E-state index >= 15 is 0 Å². The minimum absolute atomic E-state index is 0.0467. The van der Waals surface area contributed by atoms with E-state index in [9.17, 15) is 9.59 Å². The molecule has 1 N–H and O–H groups in total. The lowest BCUT2D eigenvalue weighted by Crippen LogP contribution is -2.39. The van der Waals surface area contributed by atoms with E-state index in [1.807, 2.05) is 18.2 Å². The molecule has 0 fully saturated rings. The molecule has 0 aliphatic heterocycles. The fraction of sp³-hybridized carbons (Fsp3) is 0.273. The van der Waals surface area contributed by atoms with Crippen LogP contribution in [0.4, 0.5) is 0 Å². The van der Waals surface area contributed by atoms with Gasteiger partial charge in [-0.3, -0.25) is 14.8 Å². The SMILES string of the molecule is C[C@@H](OC(=O)c1ccc2nccnc2c1)C(=O)N[C@H]1CCCc2ccccc21. The second-order valence-electron chi connectivity index (χ2n) is 6.96. The third-order valence-corrected chi connectivity index (χ3v) is 5.04. The lowest BCUT2D eigenvalue weighted by molar-refractivity contribution is -0.130. The predicted molar refractivity (Wildman–Crippen MR) is 105 cm³/mol. The number of ether oxygens (including phenoxy) is 1. The number of rotatable bonds is 4. The standard InChI is InChI=1S/C22H21N3O3/c1-14(21(26)25-18-8-4-6-15-5-2-3-7-17(15)18)28-22(27)16-9-10-19-20(13-16)24-12-11-23-19/h2-3,5,7,9-14,18H,4,6,8H2,1H3,(H,25,26)/t14-,18+/m1/s1. The lowest BCUT2D eigenvalue weighted by Gasteiger charge is -2.27. The summed E-state index contributed by atoms with van der Waals surface area (Å²) in [4.78, 5) is 33.4. The number of hydrogen-bond donors (Lipinski definition) is 1. The van der Waals surface area contributed by atoms with Gasteiger partial charge in [0.25, 0.3) is 5.91 Å². The molecule has 0 saturated carbocycles. The summed E-state index contributed by atoms with van der Waals surface area (Å²) in [6.07, 6.45) is 5.20. The summed E-state index contributed by atoms with van der Waals surface area (Å²) in [6, 6.07) is 13.0. The average Bonchev–Trinajstić information content (AvgIpc) is 2.73. The van der Waals surface area contributed by atoms with E-state index in [0.29, 0.717) is 16.6 Å². The van der Waals surface area contributed by atoms with Crippen molar-refractivity contribution in [3.05, 3.63) is 71.5 Å². The molecular weight excluding hydrogens is 354 g/mol. The van der Waals surface area contributed by atoms with E-state index in [1.54, 1.807) is 37.5 Å². The second kappa shape index (κ2) is 7.76. The summed E-state index contributed by atoms with van der Waals surface area (Å²) in [5.41, 5.74) is 4.05. The van der Waals surface area contributed by atoms with Gasteiger partial charge in [-0.1, -0.05) is 24.3 Å². The topological polar surface area (TPSA) is 81.2 Å². The van der Waals surface area contributed by atoms with Crippen molar-refractivity contribution in [1.29, 1.82) is 0 Å². The van der Waals surface area contributed by atoms with Gasteiger partial charge >= 0.3 is 5.97 Å². The smallest absolute Gasteiger partial charge is 0.338 e. The highest BCUT2D eigenvalue weighted by Crippen LogP contribution is 2.29. The first kappa shape index (κ1) is 18.1. The van der Waals surface area contributed by atoms with E-state index in [4.69, 9.17) is 4.74 Å². The molecule has 6 nitrogen and oxygen atoms in total. The van der Waals surface area contributed by atoms with Crippen molar-refractivity contribution in [2.75, 3.05) is 0 Å². The van der Waals surface area contributed by atoms with Gasteiger partial charge in [-0.05, 0) is 55.5 Å². The van der Waals surface area contributed by atoms with Crippen molar-refractivity contribution in [2.24, 2.45) is 0 Å². The van der Waals surface area contributed by atoms with Crippen LogP contribution in [0, 0.1) is 0 Å². The molecule has 1 aliphatic rings. The molecular formula is C22H21N3O3. The molecule has 0 radical (unpaired) electrons. The van der Waals surface area contributed by atoms with Crippen molar-refractivity contribution < 1.29 is 14.3 Å². The number of carbonyl (C=O) groups is 2. The zero-order valence-corrected chi connectivity index (χ0v) is 15.6. The molecule has 4 rings (SSSR count). The largest absolute Gasteiger partial charge is 0.449 e. The molecule has 0 saturated heterocycles. The molecule has 0 unspecified atom stereocenters. The molecule has 0 spiro atoms. The third kappa shape index (κ3) is 3.71. The fourth-order valence-corrected chi connectivity index (χ4v) is 3.57. The molecule has 0 bridgehead atoms. The molecule has 1 aliphatic carbocycles. The van der Waals surface area contributed by atoms with Crippen LogP contribution >= 0.6 is 0 Å². The minimum atomic E-state index is -0.890. The molecule has 142 valence electrons. The van der Waals surface area contributed by atoms with Crippen LogP contribution in [0.25, 0.3) is 11.0 Å². The summed E-state index contributed by atoms with van der Waals surface area (Å²) in [5, 5.41) is 3.02. The van der Waals surface area contributed by atoms with Gasteiger partial charge in [-0.2, -0.15) is 0 Å². The Hall–Kier alpha value is -3.28. The number of benzene rings is 2. The molecule has 1 amide bonds. The minimum Gasteiger partial charge on any atom is -0.449 e. The van der Waals surface area contributed by atoms with Crippen LogP contribution in [0.1, 0.15) is 47.3 Å². The van der Waals surface area contributed by atoms with Crippen LogP contribution in [-0.2, 0) is 16.0 Å². The molecule has 1 aromatic heterocycles. The van der Waals surface area contributed by atoms with Gasteiger partial charge in [0.05, 0.1) is 22.6 Å². The Bertz CT molecular complexity index is 1030. The van der Waals surface area contributed by atoms with Gasteiger partial charge < -0.3 is 10.1 Å². The number of aromatic nitrogens is 2. The molecule has 1 heterocycles. The van der Waals surface area contributed by atoms with Gasteiger partial charge in [0.1, 0.15) is 0 Å². The summed E-state index contributed by atoms with van der Waals surface area (Å²) < 4.78 is 5.38. The number of amides is 1. The summed E-state index contributed by atoms with van der Waals surface area (Å²) >= 11 is 0. The lowest BCUT2D eigenvalue weighted by atomic mass is 9.87. The quantitative estimate of drug-likeness (QED) is 0.707. The Morgan fingerprint density at radius 3 is 2.75 bits per heavy atom. The Morgan fingerprint density at radius 2 is 1.89 bits per heavy atom. The number of nitrogens with zero attached hydrogens (tertiary/aromatic N) is 2. The zero-order chi connectivity index (χ0) is 19.5. The Kier molecular flexibility index (Phi) is 5.02. The van der Waals surface area contributed by atoms with Crippen molar-refractivity contribution in [1.82, 2.24) is 15.3 Å². The van der Waals surface area contributed by atoms with E-state index in [1.165, 1.54) is 5.56 Å². The van der Waals surface area contributed by atoms with Crippen LogP contribution in [0.15, 0.2) is 54.9 Å². The van der Waals surface area contributed by atoms with Gasteiger partial charge in [-0.15, -0.1) is 0 Å². The van der Waals surface area contributed by atoms with E-state index in [0.717, 1.165) is 24.8 Å². The summed E-state index contributed by atoms with van der Waals surface area (Å²) in [6.45, 7) is 1.59. The van der Waals surface area contributed by atoms with Crippen molar-refractivity contribution in [3.63, 3.8) is 0 Å². The normalized spacial score (nSPS) is 16.8. The number of esters is 1. The molecule has 6 heteroatoms. The molecule has 2 aromatic carbocycles. The predicted octanol–water partition coefficient (Wildman–Crippen LogP) is 3.37. The van der Waals surface area contributed by atoms with Gasteiger partial charge in [0, 0.05) is 12.4 Å². The van der Waals surface area contributed by atoms with Crippen molar-refractivity contribution in [3.8, 4) is 0 Å². The van der Waals surface area contributed by atoms with E-state index in [-0.39, 0.29) is 11.9 Å². The highest BCUT2D eigenvalue weighted by Gasteiger charge is 2.25. The molecule has 3 aromatic rings. The highest BCUT2D eigenvalue weighted by atomic mass is 16.5. The fourth-order valence-electron chi connectivity index (χ4n) is 3.57. The van der Waals surface area contributed by atoms with Gasteiger partial charge in [0.15, 0.2) is 6.10 Å². The number of hydrogen-bond acceptors (Lipinski definition) is 5. The monoisotopic (exact) mass is 375 g/mol. The first-order chi connectivity index (χ1) is 13.6. The maximum Gasteiger partial charge on any atom is 0.338 e. The maximum absolute atomic E-state index is 12.6. The Labute approximate surface area is 163 Å². The van der Waals surface area contributed by atoms with Gasteiger partial charge in [0.2, 0.25) is 0 Å². The van der Waals surface area contributed by atoms with Crippen LogP contribution in [0.3, 0.4) is 0 Å². The summed E-state index contributed by atoms with van der Waals surface area (Å²) in [7, 11) is 0. The molecule has 2 atom stereocenters. The average molecular weight is 375 g/mol. The molecule has 28 heavy (non-hydrogen) atoms. The number of fused-ring (bicyclic) bond motifs is 2. The Morgan fingerprint density at radius 1 is 1.11 bits per heavy atom. The van der Waals surface area contributed by atoms with Crippen molar-refractivity contribution >= 4 is 22.9 Å². The zero-order valence-electron chi connectivity index (χ0n) is 15.6. The van der Waals surface area contributed by atoms with E-state index < -0.39 is 12.1 Å². The van der Waals surface area contributed by atoms with Crippen LogP contribution in [0.2, 0.25) is 0 Å². The summed E-state index contributed by atoms with van der Waals surface area (Å²) in [5.74, 6) is -0.852. The maximum atomic E-state index is 12.6. The van der Waals surface area contributed by atoms with Crippen LogP contribution in [0.5, 0.6) is 0 Å². The first-order valence-corrected chi connectivity index (χ1v) is 9.42. The first-order valence-electron chi connectivity index (χ1n) is 9.42. The van der Waals surface area contributed by atoms with Crippen molar-refractivity contribution in [2.45, 2.75) is 38.3 Å². The third-order valence-electron chi connectivity index (χ3n) is 5.04. The second-order valence-corrected chi connectivity index (χ2v) is 6.96. The number of aryl methyl sites for hydroxylation is 1.